The molecule has 2 rings (SSSR count). The summed E-state index contributed by atoms with van der Waals surface area (Å²) >= 11 is 5.96. The van der Waals surface area contributed by atoms with Crippen molar-refractivity contribution in [3.05, 3.63) is 53.1 Å². The van der Waals surface area contributed by atoms with Crippen LogP contribution in [0.1, 0.15) is 18.9 Å². The highest BCUT2D eigenvalue weighted by Gasteiger charge is 2.06. The van der Waals surface area contributed by atoms with E-state index in [1.165, 1.54) is 6.21 Å². The van der Waals surface area contributed by atoms with E-state index in [2.05, 4.69) is 10.5 Å². The van der Waals surface area contributed by atoms with Gasteiger partial charge in [0.1, 0.15) is 5.75 Å². The van der Waals surface area contributed by atoms with Crippen molar-refractivity contribution in [3.63, 3.8) is 0 Å². The molecule has 0 saturated carbocycles. The quantitative estimate of drug-likeness (QED) is 0.535. The van der Waals surface area contributed by atoms with Gasteiger partial charge in [-0.05, 0) is 42.3 Å². The van der Waals surface area contributed by atoms with Crippen LogP contribution in [0.4, 0.5) is 0 Å². The number of methoxy groups -OCH3 is 1. The number of ether oxygens (including phenoxy) is 3. The van der Waals surface area contributed by atoms with Gasteiger partial charge in [-0.3, -0.25) is 4.79 Å². The number of para-hydroxylation sites is 1. The lowest BCUT2D eigenvalue weighted by atomic mass is 10.2. The summed E-state index contributed by atoms with van der Waals surface area (Å²) in [4.78, 5) is 11.8. The second-order valence-corrected chi connectivity index (χ2v) is 5.68. The Balaban J connectivity index is 1.87. The largest absolute Gasteiger partial charge is 0.493 e. The zero-order valence-electron chi connectivity index (χ0n) is 14.7. The van der Waals surface area contributed by atoms with Crippen molar-refractivity contribution < 1.29 is 19.0 Å². The lowest BCUT2D eigenvalue weighted by molar-refractivity contribution is -0.123. The smallest absolute Gasteiger partial charge is 0.277 e. The molecule has 0 bridgehead atoms. The summed E-state index contributed by atoms with van der Waals surface area (Å²) in [5.41, 5.74) is 3.16. The van der Waals surface area contributed by atoms with Crippen LogP contribution in [0.25, 0.3) is 0 Å². The van der Waals surface area contributed by atoms with Gasteiger partial charge in [0.2, 0.25) is 0 Å². The first-order valence-corrected chi connectivity index (χ1v) is 8.52. The van der Waals surface area contributed by atoms with Crippen LogP contribution in [-0.4, -0.2) is 32.4 Å². The maximum Gasteiger partial charge on any atom is 0.277 e. The van der Waals surface area contributed by atoms with Crippen LogP contribution in [0.15, 0.2) is 47.6 Å². The molecule has 2 aromatic carbocycles. The molecule has 0 spiro atoms. The predicted molar refractivity (Wildman–Crippen MR) is 101 cm³/mol. The van der Waals surface area contributed by atoms with E-state index in [0.717, 1.165) is 12.0 Å². The number of carbonyl (C=O) groups excluding carboxylic acids is 1. The van der Waals surface area contributed by atoms with Crippen molar-refractivity contribution in [1.82, 2.24) is 5.43 Å². The van der Waals surface area contributed by atoms with Crippen molar-refractivity contribution in [2.75, 3.05) is 20.3 Å². The molecule has 26 heavy (non-hydrogen) atoms. The third kappa shape index (κ3) is 5.97. The maximum absolute atomic E-state index is 11.8. The lowest BCUT2D eigenvalue weighted by Gasteiger charge is -2.10. The molecule has 1 amide bonds. The minimum absolute atomic E-state index is 0.186. The molecule has 7 heteroatoms. The number of halogens is 1. The molecule has 1 N–H and O–H groups in total. The zero-order valence-corrected chi connectivity index (χ0v) is 15.5. The molecule has 0 aliphatic carbocycles. The lowest BCUT2D eigenvalue weighted by Crippen LogP contribution is -2.24. The highest BCUT2D eigenvalue weighted by atomic mass is 35.5. The molecule has 0 fully saturated rings. The van der Waals surface area contributed by atoms with Gasteiger partial charge in [-0.2, -0.15) is 5.10 Å². The van der Waals surface area contributed by atoms with Gasteiger partial charge in [-0.25, -0.2) is 5.43 Å². The van der Waals surface area contributed by atoms with Crippen LogP contribution in [0.5, 0.6) is 17.2 Å². The van der Waals surface area contributed by atoms with E-state index in [9.17, 15) is 4.79 Å². The second kappa shape index (κ2) is 10.3. The Labute approximate surface area is 157 Å². The molecule has 0 heterocycles. The van der Waals surface area contributed by atoms with E-state index in [4.69, 9.17) is 25.8 Å². The van der Waals surface area contributed by atoms with Gasteiger partial charge in [0.25, 0.3) is 5.91 Å². The van der Waals surface area contributed by atoms with Crippen molar-refractivity contribution in [3.8, 4) is 17.2 Å². The number of hydrazone groups is 1. The third-order valence-corrected chi connectivity index (χ3v) is 3.56. The molecule has 0 aromatic heterocycles. The summed E-state index contributed by atoms with van der Waals surface area (Å²) in [7, 11) is 1.57. The number of hydrogen-bond donors (Lipinski definition) is 1. The molecule has 2 aromatic rings. The first-order valence-electron chi connectivity index (χ1n) is 8.14. The molecule has 0 aliphatic rings. The highest BCUT2D eigenvalue weighted by molar-refractivity contribution is 6.32. The van der Waals surface area contributed by atoms with Crippen LogP contribution in [0.2, 0.25) is 5.02 Å². The third-order valence-electron chi connectivity index (χ3n) is 3.25. The molecule has 0 aliphatic heterocycles. The first kappa shape index (κ1) is 19.6. The van der Waals surface area contributed by atoms with Gasteiger partial charge in [-0.15, -0.1) is 0 Å². The van der Waals surface area contributed by atoms with E-state index in [1.54, 1.807) is 43.5 Å². The SMILES string of the molecule is CCCOc1ccc(/C=N\NC(=O)COc2ccccc2Cl)cc1OC. The van der Waals surface area contributed by atoms with Crippen LogP contribution >= 0.6 is 11.6 Å². The Hall–Kier alpha value is -2.73. The minimum Gasteiger partial charge on any atom is -0.493 e. The van der Waals surface area contributed by atoms with Gasteiger partial charge >= 0.3 is 0 Å². The molecule has 0 saturated heterocycles. The van der Waals surface area contributed by atoms with E-state index < -0.39 is 5.91 Å². The number of nitrogens with zero attached hydrogens (tertiary/aromatic N) is 1. The molecular formula is C19H21ClN2O4. The van der Waals surface area contributed by atoms with Crippen LogP contribution < -0.4 is 19.6 Å². The number of nitrogens with one attached hydrogen (secondary N) is 1. The number of amides is 1. The average Bonchev–Trinajstić information content (AvgIpc) is 2.66. The van der Waals surface area contributed by atoms with E-state index in [1.807, 2.05) is 13.0 Å². The monoisotopic (exact) mass is 376 g/mol. The topological polar surface area (TPSA) is 69.2 Å². The Kier molecular flexibility index (Phi) is 7.76. The Morgan fingerprint density at radius 3 is 2.69 bits per heavy atom. The normalized spacial score (nSPS) is 10.6. The van der Waals surface area contributed by atoms with Crippen LogP contribution in [0, 0.1) is 0 Å². The number of hydrogen-bond acceptors (Lipinski definition) is 5. The molecule has 138 valence electrons. The van der Waals surface area contributed by atoms with E-state index >= 15 is 0 Å². The van der Waals surface area contributed by atoms with E-state index in [-0.39, 0.29) is 6.61 Å². The van der Waals surface area contributed by atoms with E-state index in [0.29, 0.717) is 28.9 Å². The summed E-state index contributed by atoms with van der Waals surface area (Å²) in [6.45, 7) is 2.46. The second-order valence-electron chi connectivity index (χ2n) is 5.27. The standard InChI is InChI=1S/C19H21ClN2O4/c1-3-10-25-17-9-8-14(11-18(17)24-2)12-21-22-19(23)13-26-16-7-5-4-6-15(16)20/h4-9,11-12H,3,10,13H2,1-2H3,(H,22,23)/b21-12-. The summed E-state index contributed by atoms with van der Waals surface area (Å²) in [5, 5.41) is 4.36. The summed E-state index contributed by atoms with van der Waals surface area (Å²) in [6.07, 6.45) is 2.42. The van der Waals surface area contributed by atoms with Gasteiger partial charge in [0, 0.05) is 0 Å². The Morgan fingerprint density at radius 2 is 1.96 bits per heavy atom. The highest BCUT2D eigenvalue weighted by Crippen LogP contribution is 2.27. The zero-order chi connectivity index (χ0) is 18.8. The summed E-state index contributed by atoms with van der Waals surface area (Å²) < 4.78 is 16.2. The van der Waals surface area contributed by atoms with Crippen molar-refractivity contribution in [2.45, 2.75) is 13.3 Å². The molecule has 0 atom stereocenters. The summed E-state index contributed by atoms with van der Waals surface area (Å²) in [5.74, 6) is 1.33. The van der Waals surface area contributed by atoms with Crippen LogP contribution in [0.3, 0.4) is 0 Å². The fourth-order valence-electron chi connectivity index (χ4n) is 2.01. The minimum atomic E-state index is -0.393. The van der Waals surface area contributed by atoms with Crippen molar-refractivity contribution >= 4 is 23.7 Å². The Bertz CT molecular complexity index is 765. The maximum atomic E-state index is 11.8. The Morgan fingerprint density at radius 1 is 1.15 bits per heavy atom. The summed E-state index contributed by atoms with van der Waals surface area (Å²) in [6, 6.07) is 12.3. The van der Waals surface area contributed by atoms with Gasteiger partial charge in [0.15, 0.2) is 18.1 Å². The first-order chi connectivity index (χ1) is 12.6. The average molecular weight is 377 g/mol. The fourth-order valence-corrected chi connectivity index (χ4v) is 2.20. The molecule has 6 nitrogen and oxygen atoms in total. The van der Waals surface area contributed by atoms with Crippen LogP contribution in [-0.2, 0) is 4.79 Å². The van der Waals surface area contributed by atoms with Gasteiger partial charge < -0.3 is 14.2 Å². The van der Waals surface area contributed by atoms with Crippen molar-refractivity contribution in [2.24, 2.45) is 5.10 Å². The molecule has 0 radical (unpaired) electrons. The number of rotatable bonds is 9. The fraction of sp³-hybridized carbons (Fsp3) is 0.263. The van der Waals surface area contributed by atoms with Crippen molar-refractivity contribution in [1.29, 1.82) is 0 Å². The number of benzene rings is 2. The molecular weight excluding hydrogens is 356 g/mol. The predicted octanol–water partition coefficient (Wildman–Crippen LogP) is 3.67. The van der Waals surface area contributed by atoms with Gasteiger partial charge in [0.05, 0.1) is 25.0 Å². The molecule has 0 unspecified atom stereocenters. The van der Waals surface area contributed by atoms with Gasteiger partial charge in [-0.1, -0.05) is 30.7 Å². The number of carbonyl (C=O) groups is 1.